The minimum absolute atomic E-state index is 0.0359. The third kappa shape index (κ3) is 5.20. The predicted molar refractivity (Wildman–Crippen MR) is 123 cm³/mol. The van der Waals surface area contributed by atoms with Crippen LogP contribution in [-0.4, -0.2) is 74.8 Å². The minimum atomic E-state index is -3.73. The van der Waals surface area contributed by atoms with Crippen LogP contribution in [0.3, 0.4) is 0 Å². The van der Waals surface area contributed by atoms with Crippen molar-refractivity contribution in [2.75, 3.05) is 46.4 Å². The number of amides is 1. The minimum Gasteiger partial charge on any atom is -0.495 e. The van der Waals surface area contributed by atoms with Crippen LogP contribution in [0.4, 0.5) is 4.39 Å². The van der Waals surface area contributed by atoms with Crippen LogP contribution in [0.1, 0.15) is 35.2 Å². The molecule has 0 bridgehead atoms. The zero-order valence-electron chi connectivity index (χ0n) is 18.9. The molecule has 0 aliphatic carbocycles. The van der Waals surface area contributed by atoms with Crippen molar-refractivity contribution in [2.24, 2.45) is 0 Å². The fourth-order valence-electron chi connectivity index (χ4n) is 4.46. The van der Waals surface area contributed by atoms with Gasteiger partial charge in [-0.1, -0.05) is 18.2 Å². The molecule has 0 radical (unpaired) electrons. The Hall–Kier alpha value is -2.49. The first-order chi connectivity index (χ1) is 15.9. The smallest absolute Gasteiger partial charge is 0.253 e. The molecule has 2 aliphatic heterocycles. The number of ether oxygens (including phenoxy) is 1. The van der Waals surface area contributed by atoms with Gasteiger partial charge in [0, 0.05) is 56.9 Å². The highest BCUT2D eigenvalue weighted by atomic mass is 32.2. The second-order valence-electron chi connectivity index (χ2n) is 8.49. The predicted octanol–water partition coefficient (Wildman–Crippen LogP) is 2.97. The summed E-state index contributed by atoms with van der Waals surface area (Å²) in [5.74, 6) is -0.187. The number of sulfonamides is 1. The van der Waals surface area contributed by atoms with E-state index < -0.39 is 10.0 Å². The molecule has 4 rings (SSSR count). The number of hydrogen-bond donors (Lipinski definition) is 0. The molecule has 7 nitrogen and oxygen atoms in total. The second-order valence-corrected chi connectivity index (χ2v) is 10.4. The summed E-state index contributed by atoms with van der Waals surface area (Å²) in [6.07, 6.45) is 2.42. The molecule has 9 heteroatoms. The van der Waals surface area contributed by atoms with Crippen LogP contribution < -0.4 is 4.74 Å². The van der Waals surface area contributed by atoms with Crippen molar-refractivity contribution in [2.45, 2.75) is 30.7 Å². The van der Waals surface area contributed by atoms with Crippen LogP contribution >= 0.6 is 0 Å². The van der Waals surface area contributed by atoms with Gasteiger partial charge in [0.05, 0.1) is 7.11 Å². The summed E-state index contributed by atoms with van der Waals surface area (Å²) in [4.78, 5) is 17.2. The highest BCUT2D eigenvalue weighted by Crippen LogP contribution is 2.30. The molecule has 0 unspecified atom stereocenters. The van der Waals surface area contributed by atoms with Gasteiger partial charge < -0.3 is 9.64 Å². The zero-order valence-corrected chi connectivity index (χ0v) is 19.7. The topological polar surface area (TPSA) is 70.2 Å². The lowest BCUT2D eigenvalue weighted by molar-refractivity contribution is 0.0760. The Labute approximate surface area is 194 Å². The van der Waals surface area contributed by atoms with Crippen molar-refractivity contribution in [3.05, 3.63) is 59.4 Å². The summed E-state index contributed by atoms with van der Waals surface area (Å²) < 4.78 is 47.1. The van der Waals surface area contributed by atoms with Crippen molar-refractivity contribution in [1.82, 2.24) is 14.1 Å². The molecule has 0 atom stereocenters. The number of hydrogen-bond acceptors (Lipinski definition) is 5. The maximum absolute atomic E-state index is 14.0. The number of nitrogens with zero attached hydrogens (tertiary/aromatic N) is 3. The van der Waals surface area contributed by atoms with Gasteiger partial charge in [0.2, 0.25) is 10.0 Å². The van der Waals surface area contributed by atoms with Crippen molar-refractivity contribution in [3.8, 4) is 5.75 Å². The summed E-state index contributed by atoms with van der Waals surface area (Å²) >= 11 is 0. The standard InChI is InChI=1S/C24H30FN3O4S/c1-32-22-10-9-19(17-23(22)33(30,31)28-13-4-5-14-28)24(29)27-12-6-11-26(15-16-27)18-20-7-2-3-8-21(20)25/h2-3,7-10,17H,4-6,11-16,18H2,1H3. The fourth-order valence-corrected chi connectivity index (χ4v) is 6.16. The molecule has 2 aromatic carbocycles. The van der Waals surface area contributed by atoms with E-state index in [0.29, 0.717) is 50.4 Å². The average Bonchev–Trinajstić information content (AvgIpc) is 3.28. The van der Waals surface area contributed by atoms with Crippen LogP contribution in [-0.2, 0) is 16.6 Å². The molecule has 0 aromatic heterocycles. The number of benzene rings is 2. The monoisotopic (exact) mass is 475 g/mol. The molecule has 2 aliphatic rings. The molecular weight excluding hydrogens is 445 g/mol. The number of methoxy groups -OCH3 is 1. The normalized spacial score (nSPS) is 18.3. The first-order valence-electron chi connectivity index (χ1n) is 11.3. The Morgan fingerprint density at radius 2 is 1.73 bits per heavy atom. The van der Waals surface area contributed by atoms with Gasteiger partial charge in [-0.3, -0.25) is 9.69 Å². The van der Waals surface area contributed by atoms with E-state index >= 15 is 0 Å². The quantitative estimate of drug-likeness (QED) is 0.643. The van der Waals surface area contributed by atoms with Gasteiger partial charge in [-0.15, -0.1) is 0 Å². The maximum atomic E-state index is 14.0. The van der Waals surface area contributed by atoms with E-state index in [9.17, 15) is 17.6 Å². The third-order valence-electron chi connectivity index (χ3n) is 6.32. The molecular formula is C24H30FN3O4S. The first-order valence-corrected chi connectivity index (χ1v) is 12.8. The number of rotatable bonds is 6. The molecule has 2 heterocycles. The van der Waals surface area contributed by atoms with E-state index in [1.807, 2.05) is 6.07 Å². The van der Waals surface area contributed by atoms with E-state index in [-0.39, 0.29) is 22.4 Å². The Morgan fingerprint density at radius 1 is 0.970 bits per heavy atom. The van der Waals surface area contributed by atoms with Crippen molar-refractivity contribution in [1.29, 1.82) is 0 Å². The molecule has 0 saturated carbocycles. The van der Waals surface area contributed by atoms with E-state index in [0.717, 1.165) is 25.8 Å². The van der Waals surface area contributed by atoms with Gasteiger partial charge in [0.1, 0.15) is 16.5 Å². The fraction of sp³-hybridized carbons (Fsp3) is 0.458. The Balaban J connectivity index is 1.49. The van der Waals surface area contributed by atoms with E-state index in [4.69, 9.17) is 4.74 Å². The molecule has 33 heavy (non-hydrogen) atoms. The SMILES string of the molecule is COc1ccc(C(=O)N2CCCN(Cc3ccccc3F)CC2)cc1S(=O)(=O)N1CCCC1. The zero-order chi connectivity index (χ0) is 23.4. The van der Waals surface area contributed by atoms with Crippen LogP contribution in [0.25, 0.3) is 0 Å². The van der Waals surface area contributed by atoms with E-state index in [2.05, 4.69) is 4.90 Å². The third-order valence-corrected chi connectivity index (χ3v) is 8.24. The molecule has 2 fully saturated rings. The number of halogens is 1. The van der Waals surface area contributed by atoms with Gasteiger partial charge in [-0.2, -0.15) is 4.31 Å². The van der Waals surface area contributed by atoms with Crippen molar-refractivity contribution >= 4 is 15.9 Å². The summed E-state index contributed by atoms with van der Waals surface area (Å²) in [7, 11) is -2.30. The molecule has 2 aromatic rings. The van der Waals surface area contributed by atoms with Crippen LogP contribution in [0.2, 0.25) is 0 Å². The highest BCUT2D eigenvalue weighted by molar-refractivity contribution is 7.89. The average molecular weight is 476 g/mol. The molecule has 1 amide bonds. The van der Waals surface area contributed by atoms with Crippen molar-refractivity contribution in [3.63, 3.8) is 0 Å². The second kappa shape index (κ2) is 10.2. The van der Waals surface area contributed by atoms with Gasteiger partial charge >= 0.3 is 0 Å². The van der Waals surface area contributed by atoms with Crippen molar-refractivity contribution < 1.29 is 22.3 Å². The Bertz CT molecular complexity index is 1100. The van der Waals surface area contributed by atoms with Crippen LogP contribution in [0.15, 0.2) is 47.4 Å². The van der Waals surface area contributed by atoms with E-state index in [1.54, 1.807) is 29.2 Å². The lowest BCUT2D eigenvalue weighted by Gasteiger charge is -2.23. The van der Waals surface area contributed by atoms with Gasteiger partial charge in [0.15, 0.2) is 0 Å². The molecule has 178 valence electrons. The molecule has 0 spiro atoms. The Kier molecular flexibility index (Phi) is 7.31. The van der Waals surface area contributed by atoms with Crippen LogP contribution in [0.5, 0.6) is 5.75 Å². The van der Waals surface area contributed by atoms with Crippen LogP contribution in [0, 0.1) is 5.82 Å². The Morgan fingerprint density at radius 3 is 2.45 bits per heavy atom. The lowest BCUT2D eigenvalue weighted by Crippen LogP contribution is -2.35. The summed E-state index contributed by atoms with van der Waals surface area (Å²) in [6, 6.07) is 11.4. The lowest BCUT2D eigenvalue weighted by atomic mass is 10.2. The van der Waals surface area contributed by atoms with Gasteiger partial charge in [-0.25, -0.2) is 12.8 Å². The van der Waals surface area contributed by atoms with Gasteiger partial charge in [-0.05, 0) is 43.5 Å². The highest BCUT2D eigenvalue weighted by Gasteiger charge is 2.31. The largest absolute Gasteiger partial charge is 0.495 e. The molecule has 0 N–H and O–H groups in total. The maximum Gasteiger partial charge on any atom is 0.253 e. The number of carbonyl (C=O) groups excluding carboxylic acids is 1. The summed E-state index contributed by atoms with van der Waals surface area (Å²) in [6.45, 7) is 3.89. The molecule has 2 saturated heterocycles. The number of carbonyl (C=O) groups is 1. The van der Waals surface area contributed by atoms with Gasteiger partial charge in [0.25, 0.3) is 5.91 Å². The summed E-state index contributed by atoms with van der Waals surface area (Å²) in [5.41, 5.74) is 0.973. The first kappa shape index (κ1) is 23.7. The summed E-state index contributed by atoms with van der Waals surface area (Å²) in [5, 5.41) is 0. The van der Waals surface area contributed by atoms with E-state index in [1.165, 1.54) is 23.5 Å².